The molecule has 0 aromatic heterocycles. The molecule has 25 heavy (non-hydrogen) atoms. The topological polar surface area (TPSA) is 64.6 Å². The maximum absolute atomic E-state index is 12.7. The smallest absolute Gasteiger partial charge is 0.240 e. The molecule has 0 radical (unpaired) electrons. The van der Waals surface area contributed by atoms with Gasteiger partial charge in [0.25, 0.3) is 0 Å². The fourth-order valence-corrected chi connectivity index (χ4v) is 4.12. The quantitative estimate of drug-likeness (QED) is 0.835. The number of fused-ring (bicyclic) bond motifs is 1. The number of halogens is 1. The first-order valence-corrected chi connectivity index (χ1v) is 9.77. The highest BCUT2D eigenvalue weighted by Gasteiger charge is 2.29. The largest absolute Gasteiger partial charge is 0.493 e. The third-order valence-electron chi connectivity index (χ3n) is 4.46. The van der Waals surface area contributed by atoms with Crippen molar-refractivity contribution < 1.29 is 17.9 Å². The maximum Gasteiger partial charge on any atom is 0.240 e. The lowest BCUT2D eigenvalue weighted by molar-refractivity contribution is 0.00699. The number of rotatable bonds is 6. The molecular weight excluding hydrogens is 362 g/mol. The number of nitrogens with one attached hydrogen (secondary N) is 1. The monoisotopic (exact) mass is 381 g/mol. The number of benzene rings is 2. The van der Waals surface area contributed by atoms with E-state index in [1.54, 1.807) is 37.4 Å². The molecule has 5 nitrogen and oxygen atoms in total. The summed E-state index contributed by atoms with van der Waals surface area (Å²) in [4.78, 5) is 0.223. The minimum atomic E-state index is -3.66. The SMILES string of the molecule is COC(C)(CNS(=O)(=O)c1ccc2c(c1)CCO2)c1cccc(Cl)c1. The van der Waals surface area contributed by atoms with E-state index in [0.717, 1.165) is 23.3 Å². The highest BCUT2D eigenvalue weighted by molar-refractivity contribution is 7.89. The minimum absolute atomic E-state index is 0.0831. The Morgan fingerprint density at radius 2 is 2.08 bits per heavy atom. The Bertz CT molecular complexity index is 884. The predicted molar refractivity (Wildman–Crippen MR) is 96.6 cm³/mol. The summed E-state index contributed by atoms with van der Waals surface area (Å²) in [5, 5.41) is 0.572. The normalized spacial score (nSPS) is 16.1. The first-order chi connectivity index (χ1) is 11.8. The van der Waals surface area contributed by atoms with Gasteiger partial charge in [-0.3, -0.25) is 0 Å². The van der Waals surface area contributed by atoms with E-state index in [1.807, 2.05) is 19.1 Å². The van der Waals surface area contributed by atoms with Gasteiger partial charge in [0, 0.05) is 25.1 Å². The molecule has 1 aliphatic heterocycles. The van der Waals surface area contributed by atoms with E-state index in [1.165, 1.54) is 0 Å². The molecule has 0 aliphatic carbocycles. The zero-order valence-corrected chi connectivity index (χ0v) is 15.7. The van der Waals surface area contributed by atoms with Crippen LogP contribution in [0.15, 0.2) is 47.4 Å². The van der Waals surface area contributed by atoms with Crippen molar-refractivity contribution in [3.63, 3.8) is 0 Å². The molecule has 1 aliphatic rings. The van der Waals surface area contributed by atoms with E-state index < -0.39 is 15.6 Å². The van der Waals surface area contributed by atoms with Gasteiger partial charge in [0.2, 0.25) is 10.0 Å². The van der Waals surface area contributed by atoms with Gasteiger partial charge in [-0.05, 0) is 48.4 Å². The second-order valence-corrected chi connectivity index (χ2v) is 8.34. The molecule has 2 aromatic rings. The summed E-state index contributed by atoms with van der Waals surface area (Å²) in [6.07, 6.45) is 0.719. The summed E-state index contributed by atoms with van der Waals surface area (Å²) in [6, 6.07) is 12.1. The maximum atomic E-state index is 12.7. The molecule has 1 atom stereocenters. The van der Waals surface area contributed by atoms with Crippen molar-refractivity contribution in [2.45, 2.75) is 23.8 Å². The van der Waals surface area contributed by atoms with Crippen LogP contribution in [0.1, 0.15) is 18.1 Å². The fourth-order valence-electron chi connectivity index (χ4n) is 2.76. The van der Waals surface area contributed by atoms with Gasteiger partial charge in [-0.25, -0.2) is 13.1 Å². The summed E-state index contributed by atoms with van der Waals surface area (Å²) < 4.78 is 39.0. The number of methoxy groups -OCH3 is 1. The standard InChI is InChI=1S/C18H20ClNO4S/c1-18(23-2,14-4-3-5-15(19)11-14)12-20-25(21,22)16-6-7-17-13(10-16)8-9-24-17/h3-7,10-11,20H,8-9,12H2,1-2H3. The van der Waals surface area contributed by atoms with Crippen LogP contribution in [-0.2, 0) is 26.8 Å². The van der Waals surface area contributed by atoms with E-state index >= 15 is 0 Å². The Balaban J connectivity index is 1.81. The van der Waals surface area contributed by atoms with Crippen molar-refractivity contribution in [1.82, 2.24) is 4.72 Å². The lowest BCUT2D eigenvalue weighted by atomic mass is 9.96. The van der Waals surface area contributed by atoms with Crippen molar-refractivity contribution in [3.05, 3.63) is 58.6 Å². The Morgan fingerprint density at radius 1 is 1.28 bits per heavy atom. The third kappa shape index (κ3) is 3.82. The molecular formula is C18H20ClNO4S. The van der Waals surface area contributed by atoms with Crippen molar-refractivity contribution in [2.24, 2.45) is 0 Å². The average Bonchev–Trinajstić information content (AvgIpc) is 3.07. The summed E-state index contributed by atoms with van der Waals surface area (Å²) in [7, 11) is -2.12. The Morgan fingerprint density at radius 3 is 2.80 bits per heavy atom. The molecule has 1 unspecified atom stereocenters. The van der Waals surface area contributed by atoms with Crippen LogP contribution < -0.4 is 9.46 Å². The van der Waals surface area contributed by atoms with Crippen LogP contribution in [-0.4, -0.2) is 28.7 Å². The lowest BCUT2D eigenvalue weighted by Gasteiger charge is -2.29. The van der Waals surface area contributed by atoms with Gasteiger partial charge < -0.3 is 9.47 Å². The Hall–Kier alpha value is -1.60. The van der Waals surface area contributed by atoms with Gasteiger partial charge in [0.15, 0.2) is 0 Å². The van der Waals surface area contributed by atoms with Gasteiger partial charge in [0.1, 0.15) is 11.4 Å². The molecule has 0 spiro atoms. The van der Waals surface area contributed by atoms with Crippen LogP contribution in [0.5, 0.6) is 5.75 Å². The molecule has 0 saturated carbocycles. The predicted octanol–water partition coefficient (Wildman–Crippen LogP) is 3.12. The number of hydrogen-bond donors (Lipinski definition) is 1. The Kier molecular flexibility index (Phi) is 5.06. The molecule has 0 amide bonds. The number of sulfonamides is 1. The molecule has 1 N–H and O–H groups in total. The van der Waals surface area contributed by atoms with Gasteiger partial charge in [-0.15, -0.1) is 0 Å². The first kappa shape index (κ1) is 18.2. The molecule has 0 bridgehead atoms. The zero-order chi connectivity index (χ0) is 18.1. The number of ether oxygens (including phenoxy) is 2. The van der Waals surface area contributed by atoms with Crippen LogP contribution in [0.3, 0.4) is 0 Å². The van der Waals surface area contributed by atoms with Gasteiger partial charge in [-0.1, -0.05) is 23.7 Å². The van der Waals surface area contributed by atoms with E-state index in [-0.39, 0.29) is 11.4 Å². The van der Waals surface area contributed by atoms with E-state index in [0.29, 0.717) is 11.6 Å². The van der Waals surface area contributed by atoms with E-state index in [2.05, 4.69) is 4.72 Å². The van der Waals surface area contributed by atoms with Crippen molar-refractivity contribution >= 4 is 21.6 Å². The highest BCUT2D eigenvalue weighted by atomic mass is 35.5. The molecule has 3 rings (SSSR count). The van der Waals surface area contributed by atoms with Crippen molar-refractivity contribution in [2.75, 3.05) is 20.3 Å². The lowest BCUT2D eigenvalue weighted by Crippen LogP contribution is -2.40. The summed E-state index contributed by atoms with van der Waals surface area (Å²) in [5.74, 6) is 0.750. The van der Waals surface area contributed by atoms with Crippen LogP contribution in [0.2, 0.25) is 5.02 Å². The van der Waals surface area contributed by atoms with E-state index in [9.17, 15) is 8.42 Å². The molecule has 1 heterocycles. The number of hydrogen-bond acceptors (Lipinski definition) is 4. The highest BCUT2D eigenvalue weighted by Crippen LogP contribution is 2.29. The summed E-state index contributed by atoms with van der Waals surface area (Å²) in [5.41, 5.74) is 0.873. The summed E-state index contributed by atoms with van der Waals surface area (Å²) >= 11 is 6.04. The third-order valence-corrected chi connectivity index (χ3v) is 6.09. The minimum Gasteiger partial charge on any atom is -0.493 e. The van der Waals surface area contributed by atoms with Crippen LogP contribution in [0.4, 0.5) is 0 Å². The molecule has 0 saturated heterocycles. The fraction of sp³-hybridized carbons (Fsp3) is 0.333. The van der Waals surface area contributed by atoms with Crippen LogP contribution in [0.25, 0.3) is 0 Å². The second kappa shape index (κ2) is 6.96. The van der Waals surface area contributed by atoms with Gasteiger partial charge >= 0.3 is 0 Å². The van der Waals surface area contributed by atoms with Crippen LogP contribution >= 0.6 is 11.6 Å². The van der Waals surface area contributed by atoms with E-state index in [4.69, 9.17) is 21.1 Å². The van der Waals surface area contributed by atoms with Crippen LogP contribution in [0, 0.1) is 0 Å². The summed E-state index contributed by atoms with van der Waals surface area (Å²) in [6.45, 7) is 2.49. The molecule has 0 fully saturated rings. The zero-order valence-electron chi connectivity index (χ0n) is 14.1. The first-order valence-electron chi connectivity index (χ1n) is 7.91. The van der Waals surface area contributed by atoms with Crippen molar-refractivity contribution in [3.8, 4) is 5.75 Å². The second-order valence-electron chi connectivity index (χ2n) is 6.14. The Labute approximate surface area is 153 Å². The molecule has 134 valence electrons. The van der Waals surface area contributed by atoms with Gasteiger partial charge in [0.05, 0.1) is 11.5 Å². The van der Waals surface area contributed by atoms with Crippen molar-refractivity contribution in [1.29, 1.82) is 0 Å². The average molecular weight is 382 g/mol. The molecule has 2 aromatic carbocycles. The molecule has 7 heteroatoms. The van der Waals surface area contributed by atoms with Gasteiger partial charge in [-0.2, -0.15) is 0 Å².